The highest BCUT2D eigenvalue weighted by atomic mass is 16.5. The van der Waals surface area contributed by atoms with Crippen LogP contribution >= 0.6 is 0 Å². The number of aromatic nitrogens is 3. The maximum Gasteiger partial charge on any atom is 0.255 e. The molecule has 0 atom stereocenters. The van der Waals surface area contributed by atoms with Gasteiger partial charge in [0.25, 0.3) is 5.91 Å². The van der Waals surface area contributed by atoms with E-state index in [0.29, 0.717) is 24.5 Å². The number of carbonyl (C=O) groups is 1. The van der Waals surface area contributed by atoms with Crippen LogP contribution in [0.25, 0.3) is 0 Å². The van der Waals surface area contributed by atoms with Gasteiger partial charge in [0, 0.05) is 38.2 Å². The molecule has 33 heavy (non-hydrogen) atoms. The molecule has 0 bridgehead atoms. The lowest BCUT2D eigenvalue weighted by Crippen LogP contribution is -2.28. The summed E-state index contributed by atoms with van der Waals surface area (Å²) in [6, 6.07) is 15.3. The first-order valence-electron chi connectivity index (χ1n) is 11.1. The van der Waals surface area contributed by atoms with Crippen molar-refractivity contribution in [2.75, 3.05) is 26.8 Å². The standard InChI is InChI=1S/C25H29N5O3/c1-3-16-33-21-10-6-4-8-19(21)18-29-13-12-23-27-28-24(30(23)15-14-29)17-26-25(31)20-9-5-7-11-22(20)32-2/h3-11H,1,12-18H2,2H3,(H,26,31). The topological polar surface area (TPSA) is 81.5 Å². The molecule has 0 spiro atoms. The number of para-hydroxylation sites is 2. The van der Waals surface area contributed by atoms with Crippen LogP contribution in [0.1, 0.15) is 27.6 Å². The number of benzene rings is 2. The monoisotopic (exact) mass is 447 g/mol. The van der Waals surface area contributed by atoms with Crippen LogP contribution < -0.4 is 14.8 Å². The normalized spacial score (nSPS) is 13.6. The summed E-state index contributed by atoms with van der Waals surface area (Å²) < 4.78 is 13.2. The van der Waals surface area contributed by atoms with E-state index in [4.69, 9.17) is 9.47 Å². The molecule has 0 saturated heterocycles. The molecule has 172 valence electrons. The molecule has 0 aliphatic carbocycles. The fraction of sp³-hybridized carbons (Fsp3) is 0.320. The van der Waals surface area contributed by atoms with Gasteiger partial charge in [-0.3, -0.25) is 9.69 Å². The van der Waals surface area contributed by atoms with Gasteiger partial charge in [-0.2, -0.15) is 0 Å². The van der Waals surface area contributed by atoms with Gasteiger partial charge in [-0.1, -0.05) is 43.0 Å². The molecule has 2 aromatic carbocycles. The highest BCUT2D eigenvalue weighted by Crippen LogP contribution is 2.21. The van der Waals surface area contributed by atoms with Gasteiger partial charge < -0.3 is 19.4 Å². The molecular weight excluding hydrogens is 418 g/mol. The van der Waals surface area contributed by atoms with Gasteiger partial charge in [-0.15, -0.1) is 10.2 Å². The Hall–Kier alpha value is -3.65. The molecule has 3 aromatic rings. The highest BCUT2D eigenvalue weighted by molar-refractivity contribution is 5.96. The summed E-state index contributed by atoms with van der Waals surface area (Å²) >= 11 is 0. The zero-order valence-corrected chi connectivity index (χ0v) is 18.9. The third-order valence-electron chi connectivity index (χ3n) is 5.68. The first-order chi connectivity index (χ1) is 16.2. The van der Waals surface area contributed by atoms with Crippen molar-refractivity contribution in [3.05, 3.63) is 84.0 Å². The van der Waals surface area contributed by atoms with Gasteiger partial charge in [0.05, 0.1) is 19.2 Å². The first kappa shape index (κ1) is 22.5. The molecular formula is C25H29N5O3. The van der Waals surface area contributed by atoms with Gasteiger partial charge in [0.1, 0.15) is 23.9 Å². The smallest absolute Gasteiger partial charge is 0.255 e. The number of ether oxygens (including phenoxy) is 2. The summed E-state index contributed by atoms with van der Waals surface area (Å²) in [4.78, 5) is 15.0. The summed E-state index contributed by atoms with van der Waals surface area (Å²) in [7, 11) is 1.56. The maximum atomic E-state index is 12.6. The fourth-order valence-corrected chi connectivity index (χ4v) is 3.97. The van der Waals surface area contributed by atoms with E-state index in [9.17, 15) is 4.79 Å². The Bertz CT molecular complexity index is 1110. The van der Waals surface area contributed by atoms with Gasteiger partial charge in [0.2, 0.25) is 0 Å². The summed E-state index contributed by atoms with van der Waals surface area (Å²) in [5, 5.41) is 11.6. The Morgan fingerprint density at radius 2 is 1.88 bits per heavy atom. The van der Waals surface area contributed by atoms with Crippen molar-refractivity contribution in [3.63, 3.8) is 0 Å². The average molecular weight is 448 g/mol. The maximum absolute atomic E-state index is 12.6. The minimum absolute atomic E-state index is 0.198. The highest BCUT2D eigenvalue weighted by Gasteiger charge is 2.20. The predicted octanol–water partition coefficient (Wildman–Crippen LogP) is 2.84. The van der Waals surface area contributed by atoms with Crippen molar-refractivity contribution in [1.82, 2.24) is 25.0 Å². The molecule has 1 aromatic heterocycles. The lowest BCUT2D eigenvalue weighted by molar-refractivity contribution is 0.0946. The van der Waals surface area contributed by atoms with E-state index in [-0.39, 0.29) is 5.91 Å². The van der Waals surface area contributed by atoms with Crippen molar-refractivity contribution in [3.8, 4) is 11.5 Å². The van der Waals surface area contributed by atoms with E-state index in [1.165, 1.54) is 0 Å². The van der Waals surface area contributed by atoms with Gasteiger partial charge in [0.15, 0.2) is 5.82 Å². The zero-order chi connectivity index (χ0) is 23.0. The molecule has 1 aliphatic heterocycles. The molecule has 1 aliphatic rings. The number of fused-ring (bicyclic) bond motifs is 1. The number of rotatable bonds is 9. The van der Waals surface area contributed by atoms with Crippen LogP contribution in [0.5, 0.6) is 11.5 Å². The molecule has 0 fully saturated rings. The number of carbonyl (C=O) groups excluding carboxylic acids is 1. The van der Waals surface area contributed by atoms with Crippen LogP contribution in [0.2, 0.25) is 0 Å². The third kappa shape index (κ3) is 5.40. The molecule has 0 unspecified atom stereocenters. The van der Waals surface area contributed by atoms with Crippen molar-refractivity contribution < 1.29 is 14.3 Å². The summed E-state index contributed by atoms with van der Waals surface area (Å²) in [5.74, 6) is 2.93. The molecule has 2 heterocycles. The summed E-state index contributed by atoms with van der Waals surface area (Å²) in [6.07, 6.45) is 2.55. The quantitative estimate of drug-likeness (QED) is 0.508. The zero-order valence-electron chi connectivity index (χ0n) is 18.9. The Labute approximate surface area is 193 Å². The summed E-state index contributed by atoms with van der Waals surface area (Å²) in [6.45, 7) is 7.81. The molecule has 4 rings (SSSR count). The van der Waals surface area contributed by atoms with Crippen LogP contribution in [0.4, 0.5) is 0 Å². The molecule has 1 amide bonds. The SMILES string of the molecule is C=CCOc1ccccc1CN1CCc2nnc(CNC(=O)c3ccccc3OC)n2CC1. The van der Waals surface area contributed by atoms with E-state index in [1.54, 1.807) is 25.3 Å². The largest absolute Gasteiger partial charge is 0.496 e. The van der Waals surface area contributed by atoms with Crippen LogP contribution in [0.15, 0.2) is 61.2 Å². The van der Waals surface area contributed by atoms with Crippen molar-refractivity contribution >= 4 is 5.91 Å². The average Bonchev–Trinajstić information content (AvgIpc) is 3.13. The van der Waals surface area contributed by atoms with Crippen molar-refractivity contribution in [2.24, 2.45) is 0 Å². The second-order valence-corrected chi connectivity index (χ2v) is 7.80. The predicted molar refractivity (Wildman–Crippen MR) is 125 cm³/mol. The Kier molecular flexibility index (Phi) is 7.36. The number of nitrogens with zero attached hydrogens (tertiary/aromatic N) is 4. The second-order valence-electron chi connectivity index (χ2n) is 7.80. The van der Waals surface area contributed by atoms with Gasteiger partial charge in [-0.05, 0) is 18.2 Å². The Balaban J connectivity index is 1.38. The number of nitrogens with one attached hydrogen (secondary N) is 1. The van der Waals surface area contributed by atoms with Crippen molar-refractivity contribution in [2.45, 2.75) is 26.1 Å². The third-order valence-corrected chi connectivity index (χ3v) is 5.68. The number of hydrogen-bond donors (Lipinski definition) is 1. The van der Waals surface area contributed by atoms with E-state index >= 15 is 0 Å². The Morgan fingerprint density at radius 3 is 2.70 bits per heavy atom. The first-order valence-corrected chi connectivity index (χ1v) is 11.1. The lowest BCUT2D eigenvalue weighted by atomic mass is 10.2. The van der Waals surface area contributed by atoms with E-state index in [0.717, 1.165) is 55.6 Å². The number of methoxy groups -OCH3 is 1. The summed E-state index contributed by atoms with van der Waals surface area (Å²) in [5.41, 5.74) is 1.65. The number of amides is 1. The van der Waals surface area contributed by atoms with Crippen molar-refractivity contribution in [1.29, 1.82) is 0 Å². The van der Waals surface area contributed by atoms with Gasteiger partial charge >= 0.3 is 0 Å². The second kappa shape index (κ2) is 10.8. The van der Waals surface area contributed by atoms with Crippen LogP contribution in [0.3, 0.4) is 0 Å². The minimum atomic E-state index is -0.198. The lowest BCUT2D eigenvalue weighted by Gasteiger charge is -2.21. The fourth-order valence-electron chi connectivity index (χ4n) is 3.97. The molecule has 0 radical (unpaired) electrons. The molecule has 8 nitrogen and oxygen atoms in total. The van der Waals surface area contributed by atoms with E-state index < -0.39 is 0 Å². The minimum Gasteiger partial charge on any atom is -0.496 e. The van der Waals surface area contributed by atoms with Crippen LogP contribution in [-0.4, -0.2) is 52.4 Å². The molecule has 1 N–H and O–H groups in total. The Morgan fingerprint density at radius 1 is 1.09 bits per heavy atom. The van der Waals surface area contributed by atoms with Gasteiger partial charge in [-0.25, -0.2) is 0 Å². The molecule has 8 heteroatoms. The van der Waals surface area contributed by atoms with E-state index in [2.05, 4.69) is 37.6 Å². The van der Waals surface area contributed by atoms with Crippen LogP contribution in [0, 0.1) is 0 Å². The van der Waals surface area contributed by atoms with Crippen LogP contribution in [-0.2, 0) is 26.1 Å². The number of hydrogen-bond acceptors (Lipinski definition) is 6. The van der Waals surface area contributed by atoms with E-state index in [1.807, 2.05) is 30.3 Å². The molecule has 0 saturated carbocycles.